The van der Waals surface area contributed by atoms with Gasteiger partial charge in [-0.05, 0) is 25.0 Å². The molecule has 0 saturated carbocycles. The molecule has 0 radical (unpaired) electrons. The molecular formula is C14H20N2O3. The first-order chi connectivity index (χ1) is 9.21. The summed E-state index contributed by atoms with van der Waals surface area (Å²) in [7, 11) is 1.55. The molecule has 104 valence electrons. The van der Waals surface area contributed by atoms with Crippen molar-refractivity contribution in [2.45, 2.75) is 18.4 Å². The maximum atomic E-state index is 12.4. The molecule has 0 spiro atoms. The lowest BCUT2D eigenvalue weighted by atomic mass is 9.89. The Bertz CT molecular complexity index is 442. The number of benzene rings is 1. The summed E-state index contributed by atoms with van der Waals surface area (Å²) in [6.45, 7) is 1.67. The highest BCUT2D eigenvalue weighted by Gasteiger charge is 2.33. The number of rotatable bonds is 4. The molecule has 1 saturated heterocycles. The molecular weight excluding hydrogens is 244 g/mol. The van der Waals surface area contributed by atoms with Gasteiger partial charge >= 0.3 is 0 Å². The van der Waals surface area contributed by atoms with Crippen LogP contribution in [0.2, 0.25) is 0 Å². The Morgan fingerprint density at radius 3 is 2.74 bits per heavy atom. The Labute approximate surface area is 113 Å². The maximum Gasteiger partial charge on any atom is 0.255 e. The zero-order chi connectivity index (χ0) is 13.7. The highest BCUT2D eigenvalue weighted by molar-refractivity contribution is 5.97. The van der Waals surface area contributed by atoms with Gasteiger partial charge in [-0.25, -0.2) is 0 Å². The lowest BCUT2D eigenvalue weighted by Gasteiger charge is -2.37. The third kappa shape index (κ3) is 3.05. The van der Waals surface area contributed by atoms with E-state index in [9.17, 15) is 4.79 Å². The normalized spacial score (nSPS) is 17.8. The minimum absolute atomic E-state index is 0.148. The predicted molar refractivity (Wildman–Crippen MR) is 72.3 cm³/mol. The second-order valence-corrected chi connectivity index (χ2v) is 4.75. The molecule has 19 heavy (non-hydrogen) atoms. The first-order valence-electron chi connectivity index (χ1n) is 6.44. The van der Waals surface area contributed by atoms with Gasteiger partial charge in [-0.3, -0.25) is 4.79 Å². The van der Waals surface area contributed by atoms with Gasteiger partial charge < -0.3 is 20.5 Å². The number of methoxy groups -OCH3 is 1. The van der Waals surface area contributed by atoms with E-state index in [4.69, 9.17) is 15.2 Å². The molecule has 1 heterocycles. The van der Waals surface area contributed by atoms with E-state index in [1.807, 2.05) is 12.1 Å². The minimum atomic E-state index is -0.365. The molecule has 3 N–H and O–H groups in total. The number of nitrogens with two attached hydrogens (primary N) is 1. The highest BCUT2D eigenvalue weighted by Crippen LogP contribution is 2.22. The van der Waals surface area contributed by atoms with Gasteiger partial charge in [0.15, 0.2) is 0 Å². The topological polar surface area (TPSA) is 73.6 Å². The van der Waals surface area contributed by atoms with Crippen molar-refractivity contribution in [3.05, 3.63) is 29.8 Å². The van der Waals surface area contributed by atoms with Crippen LogP contribution < -0.4 is 15.8 Å². The van der Waals surface area contributed by atoms with E-state index in [1.165, 1.54) is 0 Å². The number of ether oxygens (including phenoxy) is 2. The molecule has 1 aromatic carbocycles. The van der Waals surface area contributed by atoms with Crippen LogP contribution in [0.15, 0.2) is 24.3 Å². The van der Waals surface area contributed by atoms with E-state index in [0.29, 0.717) is 31.1 Å². The van der Waals surface area contributed by atoms with E-state index in [-0.39, 0.29) is 11.4 Å². The number of hydrogen-bond donors (Lipinski definition) is 2. The van der Waals surface area contributed by atoms with E-state index in [1.54, 1.807) is 19.2 Å². The molecule has 5 heteroatoms. The Hall–Kier alpha value is -1.59. The van der Waals surface area contributed by atoms with Crippen molar-refractivity contribution in [3.63, 3.8) is 0 Å². The van der Waals surface area contributed by atoms with Crippen LogP contribution in [0, 0.1) is 0 Å². The average molecular weight is 264 g/mol. The lowest BCUT2D eigenvalue weighted by molar-refractivity contribution is 0.0388. The number of para-hydroxylation sites is 1. The highest BCUT2D eigenvalue weighted by atomic mass is 16.5. The molecule has 0 aromatic heterocycles. The third-order valence-corrected chi connectivity index (χ3v) is 3.57. The van der Waals surface area contributed by atoms with Gasteiger partial charge in [-0.2, -0.15) is 0 Å². The van der Waals surface area contributed by atoms with Gasteiger partial charge in [0.25, 0.3) is 5.91 Å². The van der Waals surface area contributed by atoms with Crippen LogP contribution in [0.1, 0.15) is 23.2 Å². The van der Waals surface area contributed by atoms with Crippen LogP contribution >= 0.6 is 0 Å². The van der Waals surface area contributed by atoms with Crippen molar-refractivity contribution in [2.75, 3.05) is 26.9 Å². The Balaban J connectivity index is 2.15. The molecule has 1 fully saturated rings. The fraction of sp³-hybridized carbons (Fsp3) is 0.500. The number of carbonyl (C=O) groups excluding carboxylic acids is 1. The summed E-state index contributed by atoms with van der Waals surface area (Å²) in [5.41, 5.74) is 6.00. The first-order valence-corrected chi connectivity index (χ1v) is 6.44. The summed E-state index contributed by atoms with van der Waals surface area (Å²) in [6, 6.07) is 7.17. The quantitative estimate of drug-likeness (QED) is 0.848. The Kier molecular flexibility index (Phi) is 4.39. The molecule has 0 atom stereocenters. The predicted octanol–water partition coefficient (Wildman–Crippen LogP) is 0.933. The molecule has 0 bridgehead atoms. The van der Waals surface area contributed by atoms with Crippen LogP contribution in [-0.2, 0) is 4.74 Å². The fourth-order valence-corrected chi connectivity index (χ4v) is 2.28. The molecule has 0 aliphatic carbocycles. The summed E-state index contributed by atoms with van der Waals surface area (Å²) in [6.07, 6.45) is 1.48. The van der Waals surface area contributed by atoms with Crippen molar-refractivity contribution in [3.8, 4) is 5.75 Å². The summed E-state index contributed by atoms with van der Waals surface area (Å²) in [4.78, 5) is 12.4. The monoisotopic (exact) mass is 264 g/mol. The molecule has 0 unspecified atom stereocenters. The van der Waals surface area contributed by atoms with Crippen molar-refractivity contribution in [2.24, 2.45) is 5.73 Å². The first kappa shape index (κ1) is 13.8. The summed E-state index contributed by atoms with van der Waals surface area (Å²) in [5.74, 6) is 0.420. The van der Waals surface area contributed by atoms with E-state index < -0.39 is 0 Å². The van der Waals surface area contributed by atoms with Crippen molar-refractivity contribution >= 4 is 5.91 Å². The second-order valence-electron chi connectivity index (χ2n) is 4.75. The largest absolute Gasteiger partial charge is 0.496 e. The smallest absolute Gasteiger partial charge is 0.255 e. The summed E-state index contributed by atoms with van der Waals surface area (Å²) in [5, 5.41) is 3.05. The average Bonchev–Trinajstić information content (AvgIpc) is 2.48. The van der Waals surface area contributed by atoms with Crippen LogP contribution in [0.25, 0.3) is 0 Å². The van der Waals surface area contributed by atoms with Crippen LogP contribution in [0.4, 0.5) is 0 Å². The van der Waals surface area contributed by atoms with E-state index in [0.717, 1.165) is 12.8 Å². The van der Waals surface area contributed by atoms with E-state index in [2.05, 4.69) is 5.32 Å². The molecule has 1 aromatic rings. The molecule has 1 aliphatic rings. The van der Waals surface area contributed by atoms with Gasteiger partial charge in [0.05, 0.1) is 18.2 Å². The van der Waals surface area contributed by atoms with Gasteiger partial charge in [0.2, 0.25) is 0 Å². The number of hydrogen-bond acceptors (Lipinski definition) is 4. The minimum Gasteiger partial charge on any atom is -0.496 e. The molecule has 1 amide bonds. The zero-order valence-electron chi connectivity index (χ0n) is 11.1. The van der Waals surface area contributed by atoms with Gasteiger partial charge in [-0.1, -0.05) is 12.1 Å². The van der Waals surface area contributed by atoms with Crippen molar-refractivity contribution in [1.29, 1.82) is 0 Å². The third-order valence-electron chi connectivity index (χ3n) is 3.57. The second kappa shape index (κ2) is 6.04. The number of amides is 1. The molecule has 5 nitrogen and oxygen atoms in total. The van der Waals surface area contributed by atoms with Crippen molar-refractivity contribution in [1.82, 2.24) is 5.32 Å². The Morgan fingerprint density at radius 1 is 1.42 bits per heavy atom. The molecule has 2 rings (SSSR count). The van der Waals surface area contributed by atoms with Gasteiger partial charge in [-0.15, -0.1) is 0 Å². The maximum absolute atomic E-state index is 12.4. The number of nitrogens with one attached hydrogen (secondary N) is 1. The number of carbonyl (C=O) groups is 1. The zero-order valence-corrected chi connectivity index (χ0v) is 11.1. The van der Waals surface area contributed by atoms with E-state index >= 15 is 0 Å². The summed E-state index contributed by atoms with van der Waals surface area (Å²) >= 11 is 0. The Morgan fingerprint density at radius 2 is 2.11 bits per heavy atom. The SMILES string of the molecule is COc1ccccc1C(=O)NC1(CN)CCOCC1. The van der Waals surface area contributed by atoms with Gasteiger partial charge in [0.1, 0.15) is 5.75 Å². The lowest BCUT2D eigenvalue weighted by Crippen LogP contribution is -2.56. The van der Waals surface area contributed by atoms with Gasteiger partial charge in [0, 0.05) is 19.8 Å². The van der Waals surface area contributed by atoms with Crippen LogP contribution in [0.3, 0.4) is 0 Å². The van der Waals surface area contributed by atoms with Crippen LogP contribution in [-0.4, -0.2) is 38.3 Å². The van der Waals surface area contributed by atoms with Crippen molar-refractivity contribution < 1.29 is 14.3 Å². The summed E-state index contributed by atoms with van der Waals surface area (Å²) < 4.78 is 10.5. The molecule has 1 aliphatic heterocycles. The standard InChI is InChI=1S/C14H20N2O3/c1-18-12-5-3-2-4-11(12)13(17)16-14(10-15)6-8-19-9-7-14/h2-5H,6-10,15H2,1H3,(H,16,17). The van der Waals surface area contributed by atoms with Crippen LogP contribution in [0.5, 0.6) is 5.75 Å². The fourth-order valence-electron chi connectivity index (χ4n) is 2.28.